The Morgan fingerprint density at radius 1 is 1.23 bits per heavy atom. The fraction of sp³-hybridized carbons (Fsp3) is 0.211. The van der Waals surface area contributed by atoms with Crippen molar-refractivity contribution in [3.63, 3.8) is 0 Å². The maximum Gasteiger partial charge on any atom is 0.286 e. The van der Waals surface area contributed by atoms with Crippen molar-refractivity contribution in [3.05, 3.63) is 54.1 Å². The normalized spacial score (nSPS) is 10.7. The predicted molar refractivity (Wildman–Crippen MR) is 96.1 cm³/mol. The molecule has 0 fully saturated rings. The summed E-state index contributed by atoms with van der Waals surface area (Å²) in [6.07, 6.45) is 1.93. The van der Waals surface area contributed by atoms with E-state index in [9.17, 15) is 9.18 Å². The average molecular weight is 354 g/mol. The number of halogens is 1. The van der Waals surface area contributed by atoms with Gasteiger partial charge in [-0.1, -0.05) is 31.5 Å². The Bertz CT molecular complexity index is 923. The van der Waals surface area contributed by atoms with Gasteiger partial charge in [0.15, 0.2) is 5.82 Å². The third kappa shape index (κ3) is 3.72. The first-order valence-corrected chi connectivity index (χ1v) is 8.34. The lowest BCUT2D eigenvalue weighted by molar-refractivity contribution is 0.0991. The third-order valence-corrected chi connectivity index (χ3v) is 3.88. The Morgan fingerprint density at radius 3 is 2.77 bits per heavy atom. The van der Waals surface area contributed by atoms with Crippen LogP contribution in [0.1, 0.15) is 30.4 Å². The van der Waals surface area contributed by atoms with Gasteiger partial charge in [-0.2, -0.15) is 5.10 Å². The highest BCUT2D eigenvalue weighted by atomic mass is 19.1. The summed E-state index contributed by atoms with van der Waals surface area (Å²) in [5, 5.41) is 6.43. The number of para-hydroxylation sites is 1. The number of benzene rings is 2. The molecule has 0 unspecified atom stereocenters. The first kappa shape index (κ1) is 17.6. The molecule has 3 aromatic rings. The molecule has 1 aromatic heterocycles. The number of aromatic nitrogens is 3. The van der Waals surface area contributed by atoms with Gasteiger partial charge in [0.2, 0.25) is 5.82 Å². The molecule has 0 spiro atoms. The van der Waals surface area contributed by atoms with Crippen molar-refractivity contribution in [1.29, 1.82) is 0 Å². The maximum atomic E-state index is 14.5. The number of H-pyrrole nitrogens is 1. The van der Waals surface area contributed by atoms with Gasteiger partial charge >= 0.3 is 0 Å². The van der Waals surface area contributed by atoms with Gasteiger partial charge in [0.1, 0.15) is 11.6 Å². The standard InChI is InChI=1S/C19H19FN4O2/c1-2-3-10-26-16-7-5-4-6-13(16)14-11-12(8-9-15(14)20)18-22-19(17(21)25)24-23-18/h4-9,11H,2-3,10H2,1H3,(H2,21,25)(H,22,23,24). The van der Waals surface area contributed by atoms with Crippen LogP contribution in [0.3, 0.4) is 0 Å². The van der Waals surface area contributed by atoms with Crippen molar-refractivity contribution >= 4 is 5.91 Å². The van der Waals surface area contributed by atoms with Gasteiger partial charge in [0.05, 0.1) is 6.61 Å². The second-order valence-electron chi connectivity index (χ2n) is 5.76. The van der Waals surface area contributed by atoms with E-state index < -0.39 is 5.91 Å². The molecule has 2 aromatic carbocycles. The molecule has 0 saturated heterocycles. The van der Waals surface area contributed by atoms with Gasteiger partial charge < -0.3 is 10.5 Å². The van der Waals surface area contributed by atoms with Crippen LogP contribution < -0.4 is 10.5 Å². The summed E-state index contributed by atoms with van der Waals surface area (Å²) in [6, 6.07) is 11.8. The summed E-state index contributed by atoms with van der Waals surface area (Å²) in [5.74, 6) is -0.255. The zero-order chi connectivity index (χ0) is 18.5. The number of aromatic amines is 1. The Hall–Kier alpha value is -3.22. The van der Waals surface area contributed by atoms with Crippen molar-refractivity contribution in [2.75, 3.05) is 6.61 Å². The van der Waals surface area contributed by atoms with E-state index >= 15 is 0 Å². The summed E-state index contributed by atoms with van der Waals surface area (Å²) in [5.41, 5.74) is 6.76. The topological polar surface area (TPSA) is 93.9 Å². The SMILES string of the molecule is CCCCOc1ccccc1-c1cc(-c2n[nH]c(C(N)=O)n2)ccc1F. The van der Waals surface area contributed by atoms with Crippen molar-refractivity contribution < 1.29 is 13.9 Å². The van der Waals surface area contributed by atoms with E-state index in [4.69, 9.17) is 10.5 Å². The number of unbranched alkanes of at least 4 members (excludes halogenated alkanes) is 1. The number of hydrogen-bond donors (Lipinski definition) is 2. The van der Waals surface area contributed by atoms with E-state index in [0.29, 0.717) is 29.0 Å². The Balaban J connectivity index is 1.99. The minimum atomic E-state index is -0.708. The van der Waals surface area contributed by atoms with E-state index in [-0.39, 0.29) is 17.5 Å². The monoisotopic (exact) mass is 354 g/mol. The lowest BCUT2D eigenvalue weighted by atomic mass is 10.0. The van der Waals surface area contributed by atoms with Crippen molar-refractivity contribution in [2.24, 2.45) is 5.73 Å². The largest absolute Gasteiger partial charge is 0.493 e. The van der Waals surface area contributed by atoms with Crippen LogP contribution in [0.25, 0.3) is 22.5 Å². The van der Waals surface area contributed by atoms with E-state index in [1.807, 2.05) is 18.2 Å². The van der Waals surface area contributed by atoms with Gasteiger partial charge in [-0.25, -0.2) is 9.37 Å². The number of amides is 1. The minimum absolute atomic E-state index is 0.0471. The zero-order valence-corrected chi connectivity index (χ0v) is 14.3. The van der Waals surface area contributed by atoms with Gasteiger partial charge in [-0.05, 0) is 30.7 Å². The quantitative estimate of drug-likeness (QED) is 0.634. The molecular formula is C19H19FN4O2. The maximum absolute atomic E-state index is 14.5. The highest BCUT2D eigenvalue weighted by Gasteiger charge is 2.15. The van der Waals surface area contributed by atoms with Crippen LogP contribution in [0, 0.1) is 5.82 Å². The molecule has 7 heteroatoms. The van der Waals surface area contributed by atoms with E-state index in [0.717, 1.165) is 12.8 Å². The van der Waals surface area contributed by atoms with Gasteiger partial charge in [0, 0.05) is 16.7 Å². The highest BCUT2D eigenvalue weighted by Crippen LogP contribution is 2.34. The molecule has 0 saturated carbocycles. The number of nitrogens with one attached hydrogen (secondary N) is 1. The molecule has 3 N–H and O–H groups in total. The predicted octanol–water partition coefficient (Wildman–Crippen LogP) is 3.56. The molecule has 3 rings (SSSR count). The van der Waals surface area contributed by atoms with E-state index in [1.165, 1.54) is 6.07 Å². The van der Waals surface area contributed by atoms with Crippen LogP contribution in [0.15, 0.2) is 42.5 Å². The van der Waals surface area contributed by atoms with Gasteiger partial charge in [-0.3, -0.25) is 9.89 Å². The van der Waals surface area contributed by atoms with Crippen molar-refractivity contribution in [2.45, 2.75) is 19.8 Å². The Morgan fingerprint density at radius 2 is 2.04 bits per heavy atom. The number of hydrogen-bond acceptors (Lipinski definition) is 4. The molecule has 0 atom stereocenters. The molecule has 0 bridgehead atoms. The second-order valence-corrected chi connectivity index (χ2v) is 5.76. The summed E-state index contributed by atoms with van der Waals surface area (Å²) >= 11 is 0. The Kier molecular flexibility index (Phi) is 5.26. The molecule has 1 heterocycles. The number of primary amides is 1. The minimum Gasteiger partial charge on any atom is -0.493 e. The molecule has 0 aliphatic rings. The molecular weight excluding hydrogens is 335 g/mol. The molecule has 0 aliphatic carbocycles. The van der Waals surface area contributed by atoms with Crippen LogP contribution in [0.2, 0.25) is 0 Å². The molecule has 1 amide bonds. The molecule has 134 valence electrons. The number of carbonyl (C=O) groups excluding carboxylic acids is 1. The van der Waals surface area contributed by atoms with Crippen molar-refractivity contribution in [3.8, 4) is 28.3 Å². The van der Waals surface area contributed by atoms with Gasteiger partial charge in [0.25, 0.3) is 5.91 Å². The number of nitrogens with zero attached hydrogens (tertiary/aromatic N) is 2. The first-order chi connectivity index (χ1) is 12.6. The average Bonchev–Trinajstić information content (AvgIpc) is 3.13. The number of nitrogens with two attached hydrogens (primary N) is 1. The van der Waals surface area contributed by atoms with E-state index in [1.54, 1.807) is 18.2 Å². The van der Waals surface area contributed by atoms with Crippen LogP contribution in [0.5, 0.6) is 5.75 Å². The highest BCUT2D eigenvalue weighted by molar-refractivity contribution is 5.89. The lowest BCUT2D eigenvalue weighted by Crippen LogP contribution is -2.12. The molecule has 6 nitrogen and oxygen atoms in total. The van der Waals surface area contributed by atoms with Crippen LogP contribution in [-0.4, -0.2) is 27.7 Å². The Labute approximate surface area is 150 Å². The fourth-order valence-corrected chi connectivity index (χ4v) is 2.51. The molecule has 0 radical (unpaired) electrons. The van der Waals surface area contributed by atoms with Crippen LogP contribution >= 0.6 is 0 Å². The molecule has 26 heavy (non-hydrogen) atoms. The van der Waals surface area contributed by atoms with E-state index in [2.05, 4.69) is 22.1 Å². The summed E-state index contributed by atoms with van der Waals surface area (Å²) in [6.45, 7) is 2.65. The first-order valence-electron chi connectivity index (χ1n) is 8.34. The summed E-state index contributed by atoms with van der Waals surface area (Å²) in [7, 11) is 0. The lowest BCUT2D eigenvalue weighted by Gasteiger charge is -2.12. The van der Waals surface area contributed by atoms with Crippen LogP contribution in [-0.2, 0) is 0 Å². The number of rotatable bonds is 7. The summed E-state index contributed by atoms with van der Waals surface area (Å²) in [4.78, 5) is 15.2. The second kappa shape index (κ2) is 7.77. The zero-order valence-electron chi connectivity index (χ0n) is 14.3. The summed E-state index contributed by atoms with van der Waals surface area (Å²) < 4.78 is 20.3. The third-order valence-electron chi connectivity index (χ3n) is 3.88. The number of ether oxygens (including phenoxy) is 1. The van der Waals surface area contributed by atoms with Gasteiger partial charge in [-0.15, -0.1) is 0 Å². The number of carbonyl (C=O) groups is 1. The fourth-order valence-electron chi connectivity index (χ4n) is 2.51. The van der Waals surface area contributed by atoms with Crippen LogP contribution in [0.4, 0.5) is 4.39 Å². The smallest absolute Gasteiger partial charge is 0.286 e. The molecule has 0 aliphatic heterocycles. The van der Waals surface area contributed by atoms with Crippen molar-refractivity contribution in [1.82, 2.24) is 15.2 Å².